The number of benzene rings is 1. The summed E-state index contributed by atoms with van der Waals surface area (Å²) in [5.74, 6) is -0.500. The fourth-order valence-electron chi connectivity index (χ4n) is 4.89. The number of sulfone groups is 1. The molecule has 162 valence electrons. The first-order chi connectivity index (χ1) is 14.3. The Morgan fingerprint density at radius 3 is 2.63 bits per heavy atom. The van der Waals surface area contributed by atoms with Crippen LogP contribution in [0, 0.1) is 0 Å². The number of nitrogens with one attached hydrogen (secondary N) is 1. The lowest BCUT2D eigenvalue weighted by Gasteiger charge is -2.39. The molecule has 0 bridgehead atoms. The summed E-state index contributed by atoms with van der Waals surface area (Å²) in [5, 5.41) is 7.33. The summed E-state index contributed by atoms with van der Waals surface area (Å²) in [7, 11) is -1.74. The molecule has 1 amide bonds. The van der Waals surface area contributed by atoms with Gasteiger partial charge >= 0.3 is 0 Å². The van der Waals surface area contributed by atoms with Crippen LogP contribution in [0.3, 0.4) is 0 Å². The van der Waals surface area contributed by atoms with Crippen LogP contribution in [-0.4, -0.2) is 54.2 Å². The van der Waals surface area contributed by atoms with Gasteiger partial charge in [-0.15, -0.1) is 0 Å². The van der Waals surface area contributed by atoms with Gasteiger partial charge < -0.3 is 5.32 Å². The highest BCUT2D eigenvalue weighted by Gasteiger charge is 2.34. The number of hydrogen-bond acceptors (Lipinski definition) is 5. The Hall–Kier alpha value is -2.19. The van der Waals surface area contributed by atoms with E-state index in [1.807, 2.05) is 0 Å². The number of carbonyl (C=O) groups excluding carboxylic acids is 1. The molecule has 0 radical (unpaired) electrons. The van der Waals surface area contributed by atoms with Gasteiger partial charge in [-0.2, -0.15) is 5.10 Å². The molecule has 2 atom stereocenters. The van der Waals surface area contributed by atoms with E-state index >= 15 is 0 Å². The predicted octanol–water partition coefficient (Wildman–Crippen LogP) is 2.76. The molecule has 1 aromatic heterocycles. The van der Waals surface area contributed by atoms with Gasteiger partial charge in [-0.25, -0.2) is 8.42 Å². The number of nitrogens with zero attached hydrogens (tertiary/aromatic N) is 3. The quantitative estimate of drug-likeness (QED) is 0.738. The van der Waals surface area contributed by atoms with Gasteiger partial charge in [0.05, 0.1) is 16.3 Å². The summed E-state index contributed by atoms with van der Waals surface area (Å²) < 4.78 is 27.1. The van der Waals surface area contributed by atoms with E-state index in [-0.39, 0.29) is 17.4 Å². The summed E-state index contributed by atoms with van der Waals surface area (Å²) in [6.07, 6.45) is 4.60. The van der Waals surface area contributed by atoms with Crippen LogP contribution in [-0.2, 0) is 22.6 Å². The highest BCUT2D eigenvalue weighted by molar-refractivity contribution is 7.90. The Morgan fingerprint density at radius 2 is 1.90 bits per heavy atom. The predicted molar refractivity (Wildman–Crippen MR) is 116 cm³/mol. The minimum Gasteiger partial charge on any atom is -0.351 e. The molecule has 4 rings (SSSR count). The highest BCUT2D eigenvalue weighted by Crippen LogP contribution is 2.38. The number of likely N-dealkylation sites (tertiary alicyclic amines) is 1. The third-order valence-electron chi connectivity index (χ3n) is 6.43. The molecule has 7 nitrogen and oxygen atoms in total. The molecule has 1 N–H and O–H groups in total. The largest absolute Gasteiger partial charge is 0.351 e. The van der Waals surface area contributed by atoms with Gasteiger partial charge in [-0.1, -0.05) is 24.6 Å². The average Bonchev–Trinajstić information content (AvgIpc) is 3.02. The lowest BCUT2D eigenvalue weighted by atomic mass is 9.97. The van der Waals surface area contributed by atoms with Crippen molar-refractivity contribution in [2.24, 2.45) is 7.05 Å². The molecule has 8 heteroatoms. The normalized spacial score (nSPS) is 22.9. The van der Waals surface area contributed by atoms with E-state index in [1.165, 1.54) is 19.3 Å². The van der Waals surface area contributed by atoms with Crippen LogP contribution in [0.5, 0.6) is 0 Å². The number of aromatic nitrogens is 2. The standard InChI is InChI=1S/C22H30N4O3S/c1-15-8-6-9-16(2)26(15)13-7-12-23-22(27)20-18-14-30(28,29)19-11-5-4-10-17(19)21(18)25(3)24-20/h4-5,10-11,15-16H,6-9,12-14H2,1-3H3,(H,23,27). The molecule has 2 aliphatic rings. The second kappa shape index (κ2) is 8.15. The molecule has 1 fully saturated rings. The van der Waals surface area contributed by atoms with Gasteiger partial charge in [-0.3, -0.25) is 14.4 Å². The second-order valence-corrected chi connectivity index (χ2v) is 10.5. The molecule has 0 aliphatic carbocycles. The van der Waals surface area contributed by atoms with E-state index in [2.05, 4.69) is 29.2 Å². The number of aryl methyl sites for hydroxylation is 1. The molecule has 3 heterocycles. The molecular weight excluding hydrogens is 400 g/mol. The maximum atomic E-state index is 12.8. The minimum atomic E-state index is -3.49. The number of amides is 1. The molecular formula is C22H30N4O3S. The van der Waals surface area contributed by atoms with Gasteiger partial charge in [0.2, 0.25) is 0 Å². The molecule has 0 spiro atoms. The molecule has 2 aromatic rings. The smallest absolute Gasteiger partial charge is 0.272 e. The van der Waals surface area contributed by atoms with Crippen LogP contribution in [0.25, 0.3) is 11.3 Å². The molecule has 2 unspecified atom stereocenters. The van der Waals surface area contributed by atoms with E-state index in [1.54, 1.807) is 36.0 Å². The molecule has 2 aliphatic heterocycles. The average molecular weight is 431 g/mol. The zero-order valence-electron chi connectivity index (χ0n) is 17.9. The number of hydrogen-bond donors (Lipinski definition) is 1. The van der Waals surface area contributed by atoms with Crippen LogP contribution in [0.15, 0.2) is 29.2 Å². The number of rotatable bonds is 5. The Labute approximate surface area is 178 Å². The Kier molecular flexibility index (Phi) is 5.72. The van der Waals surface area contributed by atoms with Crippen LogP contribution >= 0.6 is 0 Å². The van der Waals surface area contributed by atoms with Crippen LogP contribution in [0.1, 0.15) is 55.6 Å². The van der Waals surface area contributed by atoms with Crippen molar-refractivity contribution < 1.29 is 13.2 Å². The maximum absolute atomic E-state index is 12.8. The first-order valence-corrected chi connectivity index (χ1v) is 12.4. The van der Waals surface area contributed by atoms with E-state index in [0.29, 0.717) is 40.3 Å². The van der Waals surface area contributed by atoms with Crippen molar-refractivity contribution in [3.8, 4) is 11.3 Å². The zero-order valence-corrected chi connectivity index (χ0v) is 18.7. The van der Waals surface area contributed by atoms with Crippen molar-refractivity contribution in [2.75, 3.05) is 13.1 Å². The topological polar surface area (TPSA) is 84.3 Å². The van der Waals surface area contributed by atoms with Crippen molar-refractivity contribution in [1.82, 2.24) is 20.0 Å². The summed E-state index contributed by atoms with van der Waals surface area (Å²) in [6, 6.07) is 8.07. The Bertz CT molecular complexity index is 1050. The summed E-state index contributed by atoms with van der Waals surface area (Å²) in [4.78, 5) is 15.7. The first-order valence-electron chi connectivity index (χ1n) is 10.7. The van der Waals surface area contributed by atoms with E-state index < -0.39 is 9.84 Å². The SMILES string of the molecule is CC1CCCC(C)N1CCCNC(=O)c1nn(C)c2c1CS(=O)(=O)c1ccccc1-2. The highest BCUT2D eigenvalue weighted by atomic mass is 32.2. The van der Waals surface area contributed by atoms with E-state index in [4.69, 9.17) is 0 Å². The van der Waals surface area contributed by atoms with Gasteiger partial charge in [-0.05, 0) is 39.2 Å². The number of carbonyl (C=O) groups is 1. The van der Waals surface area contributed by atoms with Crippen molar-refractivity contribution in [2.45, 2.75) is 62.3 Å². The van der Waals surface area contributed by atoms with E-state index in [0.717, 1.165) is 13.0 Å². The van der Waals surface area contributed by atoms with Gasteiger partial charge in [0.1, 0.15) is 0 Å². The third-order valence-corrected chi connectivity index (χ3v) is 8.12. The lowest BCUT2D eigenvalue weighted by Crippen LogP contribution is -2.44. The summed E-state index contributed by atoms with van der Waals surface area (Å²) in [6.45, 7) is 6.04. The van der Waals surface area contributed by atoms with Crippen molar-refractivity contribution in [3.63, 3.8) is 0 Å². The molecule has 1 aromatic carbocycles. The molecule has 1 saturated heterocycles. The summed E-state index contributed by atoms with van der Waals surface area (Å²) >= 11 is 0. The van der Waals surface area contributed by atoms with Crippen LogP contribution in [0.2, 0.25) is 0 Å². The Morgan fingerprint density at radius 1 is 1.20 bits per heavy atom. The first kappa shape index (κ1) is 21.1. The number of fused-ring (bicyclic) bond motifs is 3. The maximum Gasteiger partial charge on any atom is 0.272 e. The van der Waals surface area contributed by atoms with Gasteiger partial charge in [0.25, 0.3) is 5.91 Å². The molecule has 0 saturated carbocycles. The zero-order chi connectivity index (χ0) is 21.5. The van der Waals surface area contributed by atoms with E-state index in [9.17, 15) is 13.2 Å². The summed E-state index contributed by atoms with van der Waals surface area (Å²) in [5.41, 5.74) is 2.03. The fraction of sp³-hybridized carbons (Fsp3) is 0.545. The van der Waals surface area contributed by atoms with Crippen molar-refractivity contribution >= 4 is 15.7 Å². The van der Waals surface area contributed by atoms with Crippen LogP contribution in [0.4, 0.5) is 0 Å². The molecule has 30 heavy (non-hydrogen) atoms. The second-order valence-electron chi connectivity index (χ2n) is 8.53. The monoisotopic (exact) mass is 430 g/mol. The van der Waals surface area contributed by atoms with Gasteiger partial charge in [0, 0.05) is 43.3 Å². The van der Waals surface area contributed by atoms with Crippen molar-refractivity contribution in [3.05, 3.63) is 35.5 Å². The fourth-order valence-corrected chi connectivity index (χ4v) is 6.48. The van der Waals surface area contributed by atoms with Crippen molar-refractivity contribution in [1.29, 1.82) is 0 Å². The third kappa shape index (κ3) is 3.78. The van der Waals surface area contributed by atoms with Crippen LogP contribution < -0.4 is 5.32 Å². The lowest BCUT2D eigenvalue weighted by molar-refractivity contribution is 0.0920. The Balaban J connectivity index is 1.47. The number of piperidine rings is 1. The minimum absolute atomic E-state index is 0.196. The van der Waals surface area contributed by atoms with Gasteiger partial charge in [0.15, 0.2) is 15.5 Å².